The van der Waals surface area contributed by atoms with E-state index in [2.05, 4.69) is 0 Å². The fourth-order valence-electron chi connectivity index (χ4n) is 4.35. The molecule has 4 aromatic carbocycles. The van der Waals surface area contributed by atoms with Crippen molar-refractivity contribution in [1.29, 1.82) is 0 Å². The van der Waals surface area contributed by atoms with Crippen LogP contribution in [0.2, 0.25) is 0 Å². The van der Waals surface area contributed by atoms with E-state index in [0.29, 0.717) is 46.8 Å². The van der Waals surface area contributed by atoms with Crippen LogP contribution in [0.3, 0.4) is 0 Å². The van der Waals surface area contributed by atoms with E-state index in [9.17, 15) is 4.55 Å². The normalized spacial score (nSPS) is 15.2. The van der Waals surface area contributed by atoms with Crippen LogP contribution >= 0.6 is 0 Å². The second kappa shape index (κ2) is 12.9. The number of hydrogen-bond donors (Lipinski definition) is 0. The molecule has 0 aromatic heterocycles. The first-order valence-corrected chi connectivity index (χ1v) is 14.0. The highest BCUT2D eigenvalue weighted by atomic mass is 32.2. The number of nitrogens with zero attached hydrogens (tertiary/aromatic N) is 1. The number of methoxy groups -OCH3 is 2. The quantitative estimate of drug-likeness (QED) is 0.123. The molecule has 7 nitrogen and oxygen atoms in total. The van der Waals surface area contributed by atoms with E-state index in [1.807, 2.05) is 97.9 Å². The van der Waals surface area contributed by atoms with Crippen LogP contribution in [0.4, 0.5) is 0 Å². The van der Waals surface area contributed by atoms with Gasteiger partial charge in [0.1, 0.15) is 12.6 Å². The van der Waals surface area contributed by atoms with Gasteiger partial charge in [-0.05, 0) is 54.4 Å². The van der Waals surface area contributed by atoms with Crippen LogP contribution in [0.1, 0.15) is 28.3 Å². The highest BCUT2D eigenvalue weighted by molar-refractivity contribution is 7.91. The largest absolute Gasteiger partial charge is 0.606 e. The lowest BCUT2D eigenvalue weighted by molar-refractivity contribution is 0.00240. The maximum Gasteiger partial charge on any atom is 0.222 e. The molecule has 1 aliphatic rings. The highest BCUT2D eigenvalue weighted by Crippen LogP contribution is 2.42. The minimum absolute atomic E-state index is 0.0324. The molecule has 0 aliphatic carbocycles. The molecule has 8 heteroatoms. The van der Waals surface area contributed by atoms with Gasteiger partial charge in [0.15, 0.2) is 28.1 Å². The minimum Gasteiger partial charge on any atom is -0.606 e. The summed E-state index contributed by atoms with van der Waals surface area (Å²) in [6, 6.07) is 28.5. The Labute approximate surface area is 237 Å². The molecule has 0 saturated heterocycles. The van der Waals surface area contributed by atoms with Crippen molar-refractivity contribution >= 4 is 17.1 Å². The Balaban J connectivity index is 1.34. The van der Waals surface area contributed by atoms with Crippen LogP contribution in [0.5, 0.6) is 17.2 Å². The Morgan fingerprint density at radius 3 is 2.27 bits per heavy atom. The zero-order valence-corrected chi connectivity index (χ0v) is 23.5. The van der Waals surface area contributed by atoms with Gasteiger partial charge < -0.3 is 28.2 Å². The van der Waals surface area contributed by atoms with Crippen LogP contribution in [-0.4, -0.2) is 38.1 Å². The summed E-state index contributed by atoms with van der Waals surface area (Å²) < 4.78 is 42.3. The van der Waals surface area contributed by atoms with Gasteiger partial charge in [0, 0.05) is 11.2 Å². The molecule has 0 N–H and O–H groups in total. The van der Waals surface area contributed by atoms with Crippen molar-refractivity contribution in [3.05, 3.63) is 113 Å². The smallest absolute Gasteiger partial charge is 0.222 e. The average molecular weight is 558 g/mol. The molecule has 0 fully saturated rings. The Kier molecular flexibility index (Phi) is 8.91. The maximum absolute atomic E-state index is 13.4. The Hall–Kier alpha value is -3.98. The molecule has 4 aromatic rings. The summed E-state index contributed by atoms with van der Waals surface area (Å²) in [7, 11) is 3.15. The summed E-state index contributed by atoms with van der Waals surface area (Å²) in [5.74, 6) is 1.90. The molecule has 0 saturated carbocycles. The summed E-state index contributed by atoms with van der Waals surface area (Å²) in [5.41, 5.74) is 3.72. The van der Waals surface area contributed by atoms with Crippen LogP contribution in [-0.2, 0) is 27.3 Å². The molecule has 0 radical (unpaired) electrons. The van der Waals surface area contributed by atoms with Crippen molar-refractivity contribution in [2.45, 2.75) is 29.4 Å². The van der Waals surface area contributed by atoms with Crippen LogP contribution < -0.4 is 14.2 Å². The van der Waals surface area contributed by atoms with Crippen LogP contribution in [0.15, 0.2) is 106 Å². The van der Waals surface area contributed by atoms with Crippen molar-refractivity contribution in [2.75, 3.05) is 27.6 Å². The first kappa shape index (κ1) is 27.6. The van der Waals surface area contributed by atoms with Crippen molar-refractivity contribution in [2.24, 2.45) is 4.99 Å². The molecule has 0 amide bonds. The zero-order valence-electron chi connectivity index (χ0n) is 22.7. The summed E-state index contributed by atoms with van der Waals surface area (Å²) in [6.07, 6.45) is 0. The molecule has 206 valence electrons. The van der Waals surface area contributed by atoms with Gasteiger partial charge in [0.25, 0.3) is 0 Å². The van der Waals surface area contributed by atoms with Crippen molar-refractivity contribution in [3.63, 3.8) is 0 Å². The standard InChI is InChI=1S/C32H31NO6S/c1-22-13-15-25(16-14-22)40(34)30-12-8-7-11-26(30)32-33-27(20-38-32)24-17-28(35-2)31(29(18-24)36-3)39-21-37-19-23-9-5-4-6-10-23/h4-18,27H,19-21H2,1-3H3/t27-,40+/m1/s1. The fourth-order valence-corrected chi connectivity index (χ4v) is 5.55. The SMILES string of the molecule is COc1cc([C@H]2COC(c3ccccc3[S@@+]([O-])c3ccc(C)cc3)=N2)cc(OC)c1OCOCc1ccccc1. The summed E-state index contributed by atoms with van der Waals surface area (Å²) >= 11 is -1.38. The number of ether oxygens (including phenoxy) is 5. The van der Waals surface area contributed by atoms with Crippen molar-refractivity contribution in [1.82, 2.24) is 0 Å². The predicted octanol–water partition coefficient (Wildman–Crippen LogP) is 6.25. The molecule has 0 spiro atoms. The van der Waals surface area contributed by atoms with Crippen LogP contribution in [0, 0.1) is 6.92 Å². The van der Waals surface area contributed by atoms with E-state index < -0.39 is 11.2 Å². The van der Waals surface area contributed by atoms with Crippen LogP contribution in [0.25, 0.3) is 0 Å². The molecule has 1 heterocycles. The van der Waals surface area contributed by atoms with Gasteiger partial charge in [0.05, 0.1) is 26.4 Å². The predicted molar refractivity (Wildman–Crippen MR) is 154 cm³/mol. The minimum atomic E-state index is -1.38. The van der Waals surface area contributed by atoms with Crippen molar-refractivity contribution in [3.8, 4) is 17.2 Å². The molecular formula is C32H31NO6S. The van der Waals surface area contributed by atoms with Crippen molar-refractivity contribution < 1.29 is 28.2 Å². The van der Waals surface area contributed by atoms with E-state index in [1.54, 1.807) is 14.2 Å². The Morgan fingerprint density at radius 2 is 1.57 bits per heavy atom. The van der Waals surface area contributed by atoms with E-state index in [-0.39, 0.29) is 12.8 Å². The third kappa shape index (κ3) is 6.25. The number of benzene rings is 4. The van der Waals surface area contributed by atoms with Gasteiger partial charge in [-0.3, -0.25) is 0 Å². The van der Waals surface area contributed by atoms with Gasteiger partial charge in [-0.25, -0.2) is 4.99 Å². The van der Waals surface area contributed by atoms with Gasteiger partial charge in [-0.1, -0.05) is 60.2 Å². The summed E-state index contributed by atoms with van der Waals surface area (Å²) in [4.78, 5) is 6.23. The molecule has 1 aliphatic heterocycles. The van der Waals surface area contributed by atoms with E-state index in [4.69, 9.17) is 28.7 Å². The van der Waals surface area contributed by atoms with E-state index in [1.165, 1.54) is 0 Å². The Bertz CT molecular complexity index is 1430. The molecule has 40 heavy (non-hydrogen) atoms. The average Bonchev–Trinajstić information content (AvgIpc) is 3.50. The third-order valence-electron chi connectivity index (χ3n) is 6.47. The molecule has 2 atom stereocenters. The number of aliphatic imine (C=N–C) groups is 1. The monoisotopic (exact) mass is 557 g/mol. The van der Waals surface area contributed by atoms with Gasteiger partial charge in [-0.15, -0.1) is 0 Å². The topological polar surface area (TPSA) is 81.6 Å². The second-order valence-corrected chi connectivity index (χ2v) is 10.6. The van der Waals surface area contributed by atoms with E-state index >= 15 is 0 Å². The first-order chi connectivity index (χ1) is 19.6. The Morgan fingerprint density at radius 1 is 0.900 bits per heavy atom. The molecule has 0 unspecified atom stereocenters. The molecular weight excluding hydrogens is 526 g/mol. The third-order valence-corrected chi connectivity index (χ3v) is 7.92. The number of rotatable bonds is 11. The zero-order chi connectivity index (χ0) is 27.9. The molecule has 5 rings (SSSR count). The van der Waals surface area contributed by atoms with Gasteiger partial charge in [0.2, 0.25) is 11.6 Å². The fraction of sp³-hybridized carbons (Fsp3) is 0.219. The highest BCUT2D eigenvalue weighted by Gasteiger charge is 2.29. The first-order valence-electron chi connectivity index (χ1n) is 12.9. The summed E-state index contributed by atoms with van der Waals surface area (Å²) in [6.45, 7) is 2.79. The number of aryl methyl sites for hydroxylation is 1. The summed E-state index contributed by atoms with van der Waals surface area (Å²) in [5, 5.41) is 0. The molecule has 0 bridgehead atoms. The van der Waals surface area contributed by atoms with Gasteiger partial charge >= 0.3 is 0 Å². The lowest BCUT2D eigenvalue weighted by atomic mass is 10.1. The van der Waals surface area contributed by atoms with Gasteiger partial charge in [-0.2, -0.15) is 0 Å². The maximum atomic E-state index is 13.4. The second-order valence-electron chi connectivity index (χ2n) is 9.19. The number of hydrogen-bond acceptors (Lipinski definition) is 7. The lowest BCUT2D eigenvalue weighted by Gasteiger charge is -2.17. The van der Waals surface area contributed by atoms with E-state index in [0.717, 1.165) is 21.6 Å². The lowest BCUT2D eigenvalue weighted by Crippen LogP contribution is -2.11.